The van der Waals surface area contributed by atoms with Gasteiger partial charge in [-0.1, -0.05) is 6.07 Å². The summed E-state index contributed by atoms with van der Waals surface area (Å²) < 4.78 is 28.7. The highest BCUT2D eigenvalue weighted by molar-refractivity contribution is 7.92. The third kappa shape index (κ3) is 5.03. The predicted molar refractivity (Wildman–Crippen MR) is 116 cm³/mol. The van der Waals surface area contributed by atoms with Gasteiger partial charge < -0.3 is 20.3 Å². The Bertz CT molecular complexity index is 770. The summed E-state index contributed by atoms with van der Waals surface area (Å²) in [5, 5.41) is 6.14. The SMILES string of the molecule is COc1cccc(N2CCC(NC(=O)C3(S(C)(=O)=O)CCNCC3)C2)c1.Cl.Cl. The van der Waals surface area contributed by atoms with E-state index in [0.717, 1.165) is 24.4 Å². The number of ether oxygens (including phenoxy) is 1. The van der Waals surface area contributed by atoms with E-state index in [1.165, 1.54) is 6.26 Å². The fourth-order valence-corrected chi connectivity index (χ4v) is 5.17. The van der Waals surface area contributed by atoms with E-state index in [2.05, 4.69) is 15.5 Å². The van der Waals surface area contributed by atoms with E-state index in [9.17, 15) is 13.2 Å². The van der Waals surface area contributed by atoms with E-state index >= 15 is 0 Å². The number of amides is 1. The maximum absolute atomic E-state index is 12.9. The minimum absolute atomic E-state index is 0. The Kier molecular flexibility index (Phi) is 8.87. The average molecular weight is 454 g/mol. The molecule has 1 amide bonds. The molecule has 7 nitrogen and oxygen atoms in total. The molecule has 0 aliphatic carbocycles. The monoisotopic (exact) mass is 453 g/mol. The van der Waals surface area contributed by atoms with Crippen LogP contribution in [0.3, 0.4) is 0 Å². The molecule has 1 aromatic carbocycles. The van der Waals surface area contributed by atoms with Crippen LogP contribution in [0.15, 0.2) is 24.3 Å². The molecule has 0 saturated carbocycles. The fourth-order valence-electron chi connectivity index (χ4n) is 3.83. The van der Waals surface area contributed by atoms with Gasteiger partial charge in [0.25, 0.3) is 0 Å². The summed E-state index contributed by atoms with van der Waals surface area (Å²) >= 11 is 0. The molecule has 0 radical (unpaired) electrons. The van der Waals surface area contributed by atoms with E-state index in [-0.39, 0.29) is 36.8 Å². The zero-order chi connectivity index (χ0) is 18.8. The van der Waals surface area contributed by atoms with E-state index in [1.807, 2.05) is 24.3 Å². The highest BCUT2D eigenvalue weighted by Crippen LogP contribution is 2.29. The van der Waals surface area contributed by atoms with Gasteiger partial charge in [0.05, 0.1) is 7.11 Å². The zero-order valence-electron chi connectivity index (χ0n) is 16.1. The van der Waals surface area contributed by atoms with Crippen molar-refractivity contribution >= 4 is 46.2 Å². The van der Waals surface area contributed by atoms with Gasteiger partial charge in [0.15, 0.2) is 14.6 Å². The van der Waals surface area contributed by atoms with Crippen molar-refractivity contribution in [1.82, 2.24) is 10.6 Å². The number of carbonyl (C=O) groups excluding carboxylic acids is 1. The minimum Gasteiger partial charge on any atom is -0.497 e. The zero-order valence-corrected chi connectivity index (χ0v) is 18.6. The second-order valence-electron chi connectivity index (χ2n) is 7.12. The summed E-state index contributed by atoms with van der Waals surface area (Å²) in [7, 11) is -1.85. The molecular formula is C18H29Cl2N3O4S. The number of carbonyl (C=O) groups is 1. The Hall–Kier alpha value is -1.22. The van der Waals surface area contributed by atoms with Crippen molar-refractivity contribution in [3.8, 4) is 5.75 Å². The first-order valence-electron chi connectivity index (χ1n) is 8.96. The van der Waals surface area contributed by atoms with Crippen molar-refractivity contribution in [1.29, 1.82) is 0 Å². The molecule has 0 spiro atoms. The van der Waals surface area contributed by atoms with E-state index in [1.54, 1.807) is 7.11 Å². The molecule has 3 rings (SSSR count). The van der Waals surface area contributed by atoms with Gasteiger partial charge in [0, 0.05) is 37.1 Å². The van der Waals surface area contributed by atoms with Gasteiger partial charge >= 0.3 is 0 Å². The number of hydrogen-bond acceptors (Lipinski definition) is 6. The number of halogens is 2. The summed E-state index contributed by atoms with van der Waals surface area (Å²) in [5.74, 6) is 0.444. The fraction of sp³-hybridized carbons (Fsp3) is 0.611. The standard InChI is InChI=1S/C18H27N3O4S.2ClH/c1-25-16-5-3-4-15(12-16)21-11-6-14(13-21)20-17(22)18(26(2,23)24)7-9-19-10-8-18;;/h3-5,12,14,19H,6-11,13H2,1-2H3,(H,20,22);2*1H. The molecule has 0 bridgehead atoms. The van der Waals surface area contributed by atoms with Crippen LogP contribution in [0.4, 0.5) is 5.69 Å². The molecule has 2 saturated heterocycles. The van der Waals surface area contributed by atoms with Crippen LogP contribution in [0.1, 0.15) is 19.3 Å². The van der Waals surface area contributed by atoms with E-state index in [4.69, 9.17) is 4.74 Å². The van der Waals surface area contributed by atoms with Crippen molar-refractivity contribution in [2.45, 2.75) is 30.1 Å². The van der Waals surface area contributed by atoms with Gasteiger partial charge in [-0.2, -0.15) is 0 Å². The highest BCUT2D eigenvalue weighted by atomic mass is 35.5. The predicted octanol–water partition coefficient (Wildman–Crippen LogP) is 1.40. The third-order valence-electron chi connectivity index (χ3n) is 5.48. The van der Waals surface area contributed by atoms with Crippen LogP contribution < -0.4 is 20.3 Å². The number of piperidine rings is 1. The lowest BCUT2D eigenvalue weighted by molar-refractivity contribution is -0.124. The van der Waals surface area contributed by atoms with E-state index < -0.39 is 14.6 Å². The maximum atomic E-state index is 12.9. The van der Waals surface area contributed by atoms with Gasteiger partial charge in [-0.25, -0.2) is 8.42 Å². The summed E-state index contributed by atoms with van der Waals surface area (Å²) in [6, 6.07) is 7.76. The number of nitrogens with zero attached hydrogens (tertiary/aromatic N) is 1. The first-order valence-corrected chi connectivity index (χ1v) is 10.9. The topological polar surface area (TPSA) is 87.7 Å². The quantitative estimate of drug-likeness (QED) is 0.700. The number of sulfone groups is 1. The van der Waals surface area contributed by atoms with E-state index in [0.29, 0.717) is 32.5 Å². The maximum Gasteiger partial charge on any atom is 0.241 e. The number of methoxy groups -OCH3 is 1. The molecule has 1 unspecified atom stereocenters. The molecule has 2 heterocycles. The Labute approximate surface area is 179 Å². The molecule has 2 aliphatic rings. The summed E-state index contributed by atoms with van der Waals surface area (Å²) in [6.07, 6.45) is 2.62. The van der Waals surface area contributed by atoms with Crippen LogP contribution in [0.2, 0.25) is 0 Å². The summed E-state index contributed by atoms with van der Waals surface area (Å²) in [6.45, 7) is 2.56. The number of rotatable bonds is 5. The molecule has 28 heavy (non-hydrogen) atoms. The molecule has 2 fully saturated rings. The number of anilines is 1. The van der Waals surface area contributed by atoms with Crippen molar-refractivity contribution in [3.63, 3.8) is 0 Å². The van der Waals surface area contributed by atoms with Gasteiger partial charge in [-0.05, 0) is 44.5 Å². The Morgan fingerprint density at radius 3 is 2.57 bits per heavy atom. The molecule has 1 atom stereocenters. The van der Waals surface area contributed by atoms with Gasteiger partial charge in [-0.15, -0.1) is 24.8 Å². The molecule has 2 aliphatic heterocycles. The van der Waals surface area contributed by atoms with Gasteiger partial charge in [0.1, 0.15) is 5.75 Å². The third-order valence-corrected chi connectivity index (χ3v) is 7.49. The number of benzene rings is 1. The first kappa shape index (κ1) is 24.8. The Morgan fingerprint density at radius 2 is 1.96 bits per heavy atom. The summed E-state index contributed by atoms with van der Waals surface area (Å²) in [5.41, 5.74) is 1.04. The second-order valence-corrected chi connectivity index (χ2v) is 9.45. The highest BCUT2D eigenvalue weighted by Gasteiger charge is 2.49. The Balaban J connectivity index is 0.00000196. The van der Waals surface area contributed by atoms with Crippen LogP contribution in [-0.4, -0.2) is 64.7 Å². The lowest BCUT2D eigenvalue weighted by atomic mass is 9.95. The molecule has 1 aromatic rings. The van der Waals surface area contributed by atoms with Crippen LogP contribution >= 0.6 is 24.8 Å². The smallest absolute Gasteiger partial charge is 0.241 e. The molecule has 10 heteroatoms. The lowest BCUT2D eigenvalue weighted by Gasteiger charge is -2.35. The minimum atomic E-state index is -3.49. The van der Waals surface area contributed by atoms with Crippen LogP contribution in [0.5, 0.6) is 5.75 Å². The van der Waals surface area contributed by atoms with Crippen molar-refractivity contribution in [2.75, 3.05) is 44.4 Å². The van der Waals surface area contributed by atoms with Crippen LogP contribution in [-0.2, 0) is 14.6 Å². The average Bonchev–Trinajstić information content (AvgIpc) is 3.10. The van der Waals surface area contributed by atoms with Crippen LogP contribution in [0, 0.1) is 0 Å². The first-order chi connectivity index (χ1) is 12.4. The number of hydrogen-bond donors (Lipinski definition) is 2. The Morgan fingerprint density at radius 1 is 1.29 bits per heavy atom. The molecule has 2 N–H and O–H groups in total. The second kappa shape index (κ2) is 10.0. The van der Waals surface area contributed by atoms with Gasteiger partial charge in [0.2, 0.25) is 5.91 Å². The van der Waals surface area contributed by atoms with Gasteiger partial charge in [-0.3, -0.25) is 4.79 Å². The van der Waals surface area contributed by atoms with Crippen molar-refractivity contribution in [2.24, 2.45) is 0 Å². The molecule has 0 aromatic heterocycles. The summed E-state index contributed by atoms with van der Waals surface area (Å²) in [4.78, 5) is 15.1. The molecular weight excluding hydrogens is 425 g/mol. The van der Waals surface area contributed by atoms with Crippen molar-refractivity contribution < 1.29 is 17.9 Å². The van der Waals surface area contributed by atoms with Crippen LogP contribution in [0.25, 0.3) is 0 Å². The number of nitrogens with one attached hydrogen (secondary N) is 2. The lowest BCUT2D eigenvalue weighted by Crippen LogP contribution is -2.59. The largest absolute Gasteiger partial charge is 0.497 e. The normalized spacial score (nSPS) is 21.2. The van der Waals surface area contributed by atoms with Crippen molar-refractivity contribution in [3.05, 3.63) is 24.3 Å². The molecule has 160 valence electrons.